The fraction of sp³-hybridized carbons (Fsp3) is 0.967. The molecule has 5 heteroatoms. The zero-order chi connectivity index (χ0) is 25.4. The monoisotopic (exact) mass is 488 g/mol. The Bertz CT molecular complexity index is 951. The highest BCUT2D eigenvalue weighted by molar-refractivity contribution is 5.74. The number of fused-ring (bicyclic) bond motifs is 7. The molecule has 198 valence electrons. The van der Waals surface area contributed by atoms with E-state index in [-0.39, 0.29) is 33.0 Å². The molecule has 2 bridgehead atoms. The number of carbonyl (C=O) groups is 1. The number of hydrogen-bond donors (Lipinski definition) is 3. The number of ether oxygens (including phenoxy) is 1. The fourth-order valence-corrected chi connectivity index (χ4v) is 11.9. The van der Waals surface area contributed by atoms with Gasteiger partial charge in [0.05, 0.1) is 12.0 Å². The van der Waals surface area contributed by atoms with Crippen LogP contribution in [0.1, 0.15) is 106 Å². The number of aliphatic carboxylic acids is 1. The molecule has 0 aromatic heterocycles. The zero-order valence-corrected chi connectivity index (χ0v) is 22.8. The lowest BCUT2D eigenvalue weighted by Gasteiger charge is -2.74. The van der Waals surface area contributed by atoms with Crippen LogP contribution in [-0.2, 0) is 9.53 Å². The van der Waals surface area contributed by atoms with Crippen molar-refractivity contribution in [2.75, 3.05) is 6.61 Å². The second kappa shape index (κ2) is 6.86. The summed E-state index contributed by atoms with van der Waals surface area (Å²) in [6.45, 7) is 14.7. The van der Waals surface area contributed by atoms with Crippen LogP contribution in [0.2, 0.25) is 0 Å². The summed E-state index contributed by atoms with van der Waals surface area (Å²) in [4.78, 5) is 12.3. The average Bonchev–Trinajstić information content (AvgIpc) is 2.97. The topological polar surface area (TPSA) is 87.0 Å². The Morgan fingerprint density at radius 3 is 2.17 bits per heavy atom. The Hall–Kier alpha value is -0.650. The van der Waals surface area contributed by atoms with Crippen molar-refractivity contribution >= 4 is 5.97 Å². The van der Waals surface area contributed by atoms with Gasteiger partial charge in [-0.25, -0.2) is 0 Å². The molecule has 6 aliphatic rings. The highest BCUT2D eigenvalue weighted by Crippen LogP contribution is 2.79. The quantitative estimate of drug-likeness (QED) is 0.446. The molecule has 0 amide bonds. The van der Waals surface area contributed by atoms with E-state index in [1.165, 1.54) is 12.8 Å². The molecule has 1 heterocycles. The van der Waals surface area contributed by atoms with Crippen LogP contribution in [0.5, 0.6) is 0 Å². The minimum Gasteiger partial charge on any atom is -0.481 e. The van der Waals surface area contributed by atoms with Crippen molar-refractivity contribution in [2.45, 2.75) is 118 Å². The standard InChI is InChI=1S/C30H48O5/c1-18-29-8-7-19-26(4,20(29)15-22(31)30(18,34)35-17-29)12-14-28(6)21-16-25(3,23(32)33)10-9-24(21,2)11-13-27(19,28)5/h18-22,31,34H,7-17H2,1-6H3,(H,32,33)/t18?,19-,20-,21+,22+,24+,25+,26+,27+,28-,29-,30+/m0/s1. The Morgan fingerprint density at radius 2 is 1.49 bits per heavy atom. The van der Waals surface area contributed by atoms with E-state index in [1.54, 1.807) is 0 Å². The van der Waals surface area contributed by atoms with Gasteiger partial charge in [0.15, 0.2) is 5.79 Å². The second-order valence-electron chi connectivity index (χ2n) is 15.5. The average molecular weight is 489 g/mol. The van der Waals surface area contributed by atoms with E-state index in [9.17, 15) is 20.1 Å². The first-order valence-corrected chi connectivity index (χ1v) is 14.4. The van der Waals surface area contributed by atoms with Gasteiger partial charge in [0, 0.05) is 11.3 Å². The first-order valence-electron chi connectivity index (χ1n) is 14.4. The Labute approximate surface area is 211 Å². The van der Waals surface area contributed by atoms with E-state index < -0.39 is 23.3 Å². The molecule has 1 spiro atoms. The molecule has 1 saturated heterocycles. The molecule has 12 atom stereocenters. The van der Waals surface area contributed by atoms with Gasteiger partial charge in [0.2, 0.25) is 0 Å². The summed E-state index contributed by atoms with van der Waals surface area (Å²) in [7, 11) is 0. The van der Waals surface area contributed by atoms with Crippen LogP contribution in [0.4, 0.5) is 0 Å². The molecule has 3 N–H and O–H groups in total. The molecule has 6 rings (SSSR count). The number of aliphatic hydroxyl groups is 2. The second-order valence-corrected chi connectivity index (χ2v) is 15.5. The predicted octanol–water partition coefficient (Wildman–Crippen LogP) is 5.62. The third-order valence-electron chi connectivity index (χ3n) is 14.7. The molecule has 0 aromatic carbocycles. The van der Waals surface area contributed by atoms with Crippen molar-refractivity contribution in [3.8, 4) is 0 Å². The lowest BCUT2D eigenvalue weighted by Crippen LogP contribution is -2.69. The number of carboxylic acid groups (broad SMARTS) is 1. The minimum absolute atomic E-state index is 0.0424. The first kappa shape index (κ1) is 24.7. The van der Waals surface area contributed by atoms with Crippen molar-refractivity contribution in [1.82, 2.24) is 0 Å². The maximum atomic E-state index is 12.3. The maximum Gasteiger partial charge on any atom is 0.309 e. The number of aliphatic hydroxyl groups excluding tert-OH is 1. The van der Waals surface area contributed by atoms with Crippen LogP contribution < -0.4 is 0 Å². The highest BCUT2D eigenvalue weighted by Gasteiger charge is 2.75. The Morgan fingerprint density at radius 1 is 0.857 bits per heavy atom. The molecule has 5 aliphatic carbocycles. The third-order valence-corrected chi connectivity index (χ3v) is 14.7. The lowest BCUT2D eigenvalue weighted by atomic mass is 9.30. The fourth-order valence-electron chi connectivity index (χ4n) is 11.9. The maximum absolute atomic E-state index is 12.3. The molecular weight excluding hydrogens is 440 g/mol. The summed E-state index contributed by atoms with van der Waals surface area (Å²) < 4.78 is 6.00. The SMILES string of the molecule is CC1[C@@]23CC[C@H]4[C@@](C)(CC[C@@]5(C)[C@@H]6C[C@](C)(C(=O)O)CC[C@]6(C)CC[C@]45C)[C@@H]2C[C@@H](O)[C@]1(O)OC3. The molecule has 5 saturated carbocycles. The van der Waals surface area contributed by atoms with Gasteiger partial charge in [-0.3, -0.25) is 4.79 Å². The molecule has 0 aromatic rings. The number of rotatable bonds is 1. The minimum atomic E-state index is -1.39. The Kier molecular flexibility index (Phi) is 4.83. The number of hydrogen-bond acceptors (Lipinski definition) is 4. The van der Waals surface area contributed by atoms with Gasteiger partial charge >= 0.3 is 5.97 Å². The first-order chi connectivity index (χ1) is 16.1. The number of carboxylic acids is 1. The summed E-state index contributed by atoms with van der Waals surface area (Å²) in [6.07, 6.45) is 9.34. The summed E-state index contributed by atoms with van der Waals surface area (Å²) in [5.41, 5.74) is -0.0361. The van der Waals surface area contributed by atoms with Crippen molar-refractivity contribution in [2.24, 2.45) is 56.2 Å². The van der Waals surface area contributed by atoms with Crippen molar-refractivity contribution in [3.63, 3.8) is 0 Å². The van der Waals surface area contributed by atoms with Crippen LogP contribution in [0.3, 0.4) is 0 Å². The molecule has 5 nitrogen and oxygen atoms in total. The van der Waals surface area contributed by atoms with E-state index in [0.29, 0.717) is 30.8 Å². The summed E-state index contributed by atoms with van der Waals surface area (Å²) in [5.74, 6) is -0.714. The smallest absolute Gasteiger partial charge is 0.309 e. The van der Waals surface area contributed by atoms with E-state index in [1.807, 2.05) is 6.92 Å². The van der Waals surface area contributed by atoms with Crippen molar-refractivity contribution < 1.29 is 24.9 Å². The predicted molar refractivity (Wildman–Crippen MR) is 133 cm³/mol. The normalized spacial score (nSPS) is 63.4. The van der Waals surface area contributed by atoms with Crippen LogP contribution in [0.25, 0.3) is 0 Å². The Balaban J connectivity index is 1.40. The molecule has 35 heavy (non-hydrogen) atoms. The van der Waals surface area contributed by atoms with Gasteiger partial charge in [-0.15, -0.1) is 0 Å². The van der Waals surface area contributed by atoms with Gasteiger partial charge in [-0.05, 0) is 111 Å². The van der Waals surface area contributed by atoms with Crippen LogP contribution in [0, 0.1) is 56.2 Å². The largest absolute Gasteiger partial charge is 0.481 e. The van der Waals surface area contributed by atoms with Crippen molar-refractivity contribution in [1.29, 1.82) is 0 Å². The van der Waals surface area contributed by atoms with Crippen LogP contribution >= 0.6 is 0 Å². The van der Waals surface area contributed by atoms with Gasteiger partial charge in [-0.2, -0.15) is 0 Å². The van der Waals surface area contributed by atoms with Gasteiger partial charge in [0.1, 0.15) is 6.10 Å². The van der Waals surface area contributed by atoms with Gasteiger partial charge in [0.25, 0.3) is 0 Å². The van der Waals surface area contributed by atoms with E-state index >= 15 is 0 Å². The highest BCUT2D eigenvalue weighted by atomic mass is 16.6. The molecule has 1 unspecified atom stereocenters. The lowest BCUT2D eigenvalue weighted by molar-refractivity contribution is -0.291. The van der Waals surface area contributed by atoms with Gasteiger partial charge in [-0.1, -0.05) is 34.6 Å². The van der Waals surface area contributed by atoms with Gasteiger partial charge < -0.3 is 20.1 Å². The molecular formula is C30H48O5. The van der Waals surface area contributed by atoms with E-state index in [4.69, 9.17) is 4.74 Å². The summed E-state index contributed by atoms with van der Waals surface area (Å²) in [6, 6.07) is 0. The third kappa shape index (κ3) is 2.64. The van der Waals surface area contributed by atoms with E-state index in [2.05, 4.69) is 34.6 Å². The zero-order valence-electron chi connectivity index (χ0n) is 22.8. The molecule has 0 radical (unpaired) electrons. The molecule has 6 fully saturated rings. The van der Waals surface area contributed by atoms with Crippen LogP contribution in [0.15, 0.2) is 0 Å². The van der Waals surface area contributed by atoms with Crippen molar-refractivity contribution in [3.05, 3.63) is 0 Å². The summed E-state index contributed by atoms with van der Waals surface area (Å²) in [5, 5.41) is 32.4. The molecule has 1 aliphatic heterocycles. The van der Waals surface area contributed by atoms with E-state index in [0.717, 1.165) is 44.9 Å². The summed E-state index contributed by atoms with van der Waals surface area (Å²) >= 11 is 0. The van der Waals surface area contributed by atoms with Crippen LogP contribution in [-0.4, -0.2) is 39.8 Å².